The lowest BCUT2D eigenvalue weighted by molar-refractivity contribution is -0.385. The first-order chi connectivity index (χ1) is 9.36. The fourth-order valence-electron chi connectivity index (χ4n) is 1.35. The minimum atomic E-state index is -1.12. The van der Waals surface area contributed by atoms with Gasteiger partial charge in [0.15, 0.2) is 11.9 Å². The van der Waals surface area contributed by atoms with E-state index in [9.17, 15) is 19.7 Å². The first-order valence-electron chi connectivity index (χ1n) is 5.78. The number of nitrogens with zero attached hydrogens (tertiary/aromatic N) is 1. The molecule has 1 rings (SSSR count). The number of amides is 1. The number of nitrogens with two attached hydrogens (primary N) is 1. The van der Waals surface area contributed by atoms with Crippen LogP contribution in [-0.4, -0.2) is 29.5 Å². The van der Waals surface area contributed by atoms with Crippen molar-refractivity contribution in [3.05, 3.63) is 33.9 Å². The summed E-state index contributed by atoms with van der Waals surface area (Å²) >= 11 is 0. The molecule has 1 atom stereocenters. The third kappa shape index (κ3) is 3.67. The Morgan fingerprint density at radius 2 is 2.10 bits per heavy atom. The van der Waals surface area contributed by atoms with Gasteiger partial charge in [-0.15, -0.1) is 0 Å². The van der Waals surface area contributed by atoms with Crippen LogP contribution < -0.4 is 10.5 Å². The molecule has 0 saturated carbocycles. The van der Waals surface area contributed by atoms with Gasteiger partial charge in [-0.2, -0.15) is 0 Å². The van der Waals surface area contributed by atoms with Gasteiger partial charge in [-0.05, 0) is 26.0 Å². The highest BCUT2D eigenvalue weighted by atomic mass is 16.6. The van der Waals surface area contributed by atoms with Crippen LogP contribution in [0.2, 0.25) is 0 Å². The predicted octanol–water partition coefficient (Wildman–Crippen LogP) is 1.02. The summed E-state index contributed by atoms with van der Waals surface area (Å²) in [6.45, 7) is 3.24. The number of carbonyl (C=O) groups excluding carboxylic acids is 2. The molecule has 8 nitrogen and oxygen atoms in total. The lowest BCUT2D eigenvalue weighted by Crippen LogP contribution is -2.30. The second kappa shape index (κ2) is 6.50. The minimum Gasteiger partial charge on any atom is -0.487 e. The van der Waals surface area contributed by atoms with E-state index in [0.29, 0.717) is 0 Å². The standard InChI is InChI=1S/C12H14N2O6/c1-3-19-10-5-4-8(6-9(10)14(17)18)12(16)20-7(2)11(13)15/h4-7H,3H2,1-2H3,(H2,13,15)/t7-/m0/s1. The molecule has 0 aromatic heterocycles. The Kier molecular flexibility index (Phi) is 5.01. The van der Waals surface area contributed by atoms with Crippen molar-refractivity contribution in [1.82, 2.24) is 0 Å². The van der Waals surface area contributed by atoms with E-state index in [1.807, 2.05) is 0 Å². The molecular weight excluding hydrogens is 268 g/mol. The molecule has 1 amide bonds. The maximum Gasteiger partial charge on any atom is 0.339 e. The zero-order valence-corrected chi connectivity index (χ0v) is 11.0. The number of nitro groups is 1. The Bertz CT molecular complexity index is 543. The normalized spacial score (nSPS) is 11.5. The Balaban J connectivity index is 3.02. The number of hydrogen-bond acceptors (Lipinski definition) is 6. The van der Waals surface area contributed by atoms with Crippen molar-refractivity contribution in [2.45, 2.75) is 20.0 Å². The predicted molar refractivity (Wildman–Crippen MR) is 68.3 cm³/mol. The average molecular weight is 282 g/mol. The van der Waals surface area contributed by atoms with Crippen LogP contribution in [0, 0.1) is 10.1 Å². The summed E-state index contributed by atoms with van der Waals surface area (Å²) in [5, 5.41) is 10.9. The molecule has 0 aliphatic rings. The van der Waals surface area contributed by atoms with Crippen LogP contribution in [0.1, 0.15) is 24.2 Å². The van der Waals surface area contributed by atoms with E-state index in [-0.39, 0.29) is 23.6 Å². The van der Waals surface area contributed by atoms with E-state index in [4.69, 9.17) is 15.2 Å². The number of benzene rings is 1. The molecule has 0 heterocycles. The molecule has 1 aromatic carbocycles. The first kappa shape index (κ1) is 15.4. The van der Waals surface area contributed by atoms with Gasteiger partial charge in [0.2, 0.25) is 0 Å². The molecule has 0 bridgehead atoms. The van der Waals surface area contributed by atoms with Gasteiger partial charge in [0, 0.05) is 6.07 Å². The maximum atomic E-state index is 11.7. The van der Waals surface area contributed by atoms with E-state index in [1.54, 1.807) is 6.92 Å². The fourth-order valence-corrected chi connectivity index (χ4v) is 1.35. The highest BCUT2D eigenvalue weighted by Crippen LogP contribution is 2.28. The van der Waals surface area contributed by atoms with Gasteiger partial charge in [-0.1, -0.05) is 0 Å². The summed E-state index contributed by atoms with van der Waals surface area (Å²) in [7, 11) is 0. The van der Waals surface area contributed by atoms with Crippen molar-refractivity contribution in [1.29, 1.82) is 0 Å². The number of rotatable bonds is 6. The third-order valence-corrected chi connectivity index (χ3v) is 2.38. The molecule has 2 N–H and O–H groups in total. The van der Waals surface area contributed by atoms with Crippen LogP contribution in [0.3, 0.4) is 0 Å². The molecule has 0 fully saturated rings. The monoisotopic (exact) mass is 282 g/mol. The Labute approximate surface area is 114 Å². The van der Waals surface area contributed by atoms with Gasteiger partial charge in [0.1, 0.15) is 0 Å². The number of hydrogen-bond donors (Lipinski definition) is 1. The van der Waals surface area contributed by atoms with Gasteiger partial charge in [-0.3, -0.25) is 14.9 Å². The lowest BCUT2D eigenvalue weighted by atomic mass is 10.2. The Hall–Kier alpha value is -2.64. The molecular formula is C12H14N2O6. The van der Waals surface area contributed by atoms with Crippen LogP contribution in [0.4, 0.5) is 5.69 Å². The fraction of sp³-hybridized carbons (Fsp3) is 0.333. The van der Waals surface area contributed by atoms with Gasteiger partial charge >= 0.3 is 11.7 Å². The number of ether oxygens (including phenoxy) is 2. The van der Waals surface area contributed by atoms with Crippen LogP contribution in [-0.2, 0) is 9.53 Å². The minimum absolute atomic E-state index is 0.0528. The first-order valence-corrected chi connectivity index (χ1v) is 5.78. The van der Waals surface area contributed by atoms with Gasteiger partial charge < -0.3 is 15.2 Å². The highest BCUT2D eigenvalue weighted by molar-refractivity contribution is 5.92. The van der Waals surface area contributed by atoms with Crippen molar-refractivity contribution in [3.63, 3.8) is 0 Å². The molecule has 0 spiro atoms. The summed E-state index contributed by atoms with van der Waals surface area (Å²) < 4.78 is 9.84. The Morgan fingerprint density at radius 1 is 1.45 bits per heavy atom. The van der Waals surface area contributed by atoms with Crippen molar-refractivity contribution in [3.8, 4) is 5.75 Å². The largest absolute Gasteiger partial charge is 0.487 e. The third-order valence-electron chi connectivity index (χ3n) is 2.38. The van der Waals surface area contributed by atoms with Crippen LogP contribution in [0.15, 0.2) is 18.2 Å². The van der Waals surface area contributed by atoms with Crippen molar-refractivity contribution in [2.24, 2.45) is 5.73 Å². The van der Waals surface area contributed by atoms with E-state index < -0.39 is 22.9 Å². The molecule has 108 valence electrons. The Morgan fingerprint density at radius 3 is 2.60 bits per heavy atom. The van der Waals surface area contributed by atoms with Crippen LogP contribution in [0.5, 0.6) is 5.75 Å². The molecule has 0 radical (unpaired) electrons. The van der Waals surface area contributed by atoms with E-state index in [2.05, 4.69) is 0 Å². The second-order valence-electron chi connectivity index (χ2n) is 3.82. The molecule has 1 aromatic rings. The van der Waals surface area contributed by atoms with Crippen LogP contribution >= 0.6 is 0 Å². The molecule has 20 heavy (non-hydrogen) atoms. The van der Waals surface area contributed by atoms with Crippen molar-refractivity contribution < 1.29 is 24.0 Å². The zero-order chi connectivity index (χ0) is 15.3. The summed E-state index contributed by atoms with van der Waals surface area (Å²) in [6.07, 6.45) is -1.12. The van der Waals surface area contributed by atoms with Crippen molar-refractivity contribution in [2.75, 3.05) is 6.61 Å². The average Bonchev–Trinajstić information content (AvgIpc) is 2.38. The number of carbonyl (C=O) groups is 2. The van der Waals surface area contributed by atoms with E-state index in [1.165, 1.54) is 19.1 Å². The summed E-state index contributed by atoms with van der Waals surface area (Å²) in [4.78, 5) is 32.7. The molecule has 0 saturated heterocycles. The molecule has 0 aliphatic carbocycles. The van der Waals surface area contributed by atoms with E-state index in [0.717, 1.165) is 6.07 Å². The number of nitro benzene ring substituents is 1. The smallest absolute Gasteiger partial charge is 0.339 e. The molecule has 8 heteroatoms. The SMILES string of the molecule is CCOc1ccc(C(=O)O[C@@H](C)C(N)=O)cc1[N+](=O)[O-]. The van der Waals surface area contributed by atoms with Crippen molar-refractivity contribution >= 4 is 17.6 Å². The summed E-state index contributed by atoms with van der Waals surface area (Å²) in [6, 6.07) is 3.64. The topological polar surface area (TPSA) is 122 Å². The van der Waals surface area contributed by atoms with Gasteiger partial charge in [0.05, 0.1) is 17.1 Å². The second-order valence-corrected chi connectivity index (χ2v) is 3.82. The van der Waals surface area contributed by atoms with Gasteiger partial charge in [-0.25, -0.2) is 4.79 Å². The lowest BCUT2D eigenvalue weighted by Gasteiger charge is -2.10. The number of primary amides is 1. The molecule has 0 unspecified atom stereocenters. The molecule has 0 aliphatic heterocycles. The quantitative estimate of drug-likeness (QED) is 0.472. The zero-order valence-electron chi connectivity index (χ0n) is 11.0. The number of esters is 1. The maximum absolute atomic E-state index is 11.7. The van der Waals surface area contributed by atoms with Gasteiger partial charge in [0.25, 0.3) is 5.91 Å². The summed E-state index contributed by atoms with van der Waals surface area (Å²) in [5.41, 5.74) is 4.54. The van der Waals surface area contributed by atoms with E-state index >= 15 is 0 Å². The highest BCUT2D eigenvalue weighted by Gasteiger charge is 2.21. The summed E-state index contributed by atoms with van der Waals surface area (Å²) in [5.74, 6) is -1.63. The van der Waals surface area contributed by atoms with Crippen LogP contribution in [0.25, 0.3) is 0 Å².